The Balaban J connectivity index is 3.22. The molecule has 1 aromatic rings. The quantitative estimate of drug-likeness (QED) is 0.479. The van der Waals surface area contributed by atoms with E-state index in [0.717, 1.165) is 0 Å². The van der Waals surface area contributed by atoms with Crippen molar-refractivity contribution < 1.29 is 0 Å². The van der Waals surface area contributed by atoms with E-state index in [1.54, 1.807) is 0 Å². The van der Waals surface area contributed by atoms with E-state index in [1.807, 2.05) is 0 Å². The Hall–Kier alpha value is -0.338. The Morgan fingerprint density at radius 3 is 1.94 bits per heavy atom. The maximum atomic E-state index is 3.94. The summed E-state index contributed by atoms with van der Waals surface area (Å²) in [5, 5.41) is 0. The van der Waals surface area contributed by atoms with Crippen LogP contribution in [0.4, 0.5) is 0 Å². The molecule has 0 aliphatic carbocycles. The molecule has 0 aromatic heterocycles. The van der Waals surface area contributed by atoms with Crippen molar-refractivity contribution >= 4 is 24.3 Å². The van der Waals surface area contributed by atoms with Crippen LogP contribution in [0.25, 0.3) is 3.13 Å². The van der Waals surface area contributed by atoms with Gasteiger partial charge in [-0.15, -0.1) is 0 Å². The van der Waals surface area contributed by atoms with E-state index < -0.39 is 21.2 Å². The van der Waals surface area contributed by atoms with Crippen LogP contribution in [0.15, 0.2) is 42.6 Å². The predicted molar refractivity (Wildman–Crippen MR) is 76.2 cm³/mol. The molecule has 1 heteroatoms. The third-order valence-electron chi connectivity index (χ3n) is 3.80. The summed E-state index contributed by atoms with van der Waals surface area (Å²) < 4.78 is 5.60. The summed E-state index contributed by atoms with van der Waals surface area (Å²) in [4.78, 5) is 0. The molecule has 0 amide bonds. The molecule has 0 saturated carbocycles. The molecular formula is C15H22Pb. The van der Waals surface area contributed by atoms with Crippen molar-refractivity contribution in [2.75, 3.05) is 0 Å². The van der Waals surface area contributed by atoms with Gasteiger partial charge in [0.05, 0.1) is 0 Å². The zero-order valence-corrected chi connectivity index (χ0v) is 14.6. The Morgan fingerprint density at radius 1 is 1.06 bits per heavy atom. The molecule has 0 nitrogen and oxygen atoms in total. The molecule has 0 unspecified atom stereocenters. The first kappa shape index (κ1) is 13.7. The number of rotatable bonds is 5. The molecule has 0 saturated heterocycles. The molecule has 0 aliphatic heterocycles. The van der Waals surface area contributed by atoms with Gasteiger partial charge in [-0.05, 0) is 0 Å². The van der Waals surface area contributed by atoms with Crippen molar-refractivity contribution in [1.29, 1.82) is 0 Å². The summed E-state index contributed by atoms with van der Waals surface area (Å²) in [6, 6.07) is 10.7. The molecule has 0 spiro atoms. The first-order valence-corrected chi connectivity index (χ1v) is 16.4. The van der Waals surface area contributed by atoms with E-state index in [1.165, 1.54) is 20.6 Å². The van der Waals surface area contributed by atoms with E-state index in [9.17, 15) is 0 Å². The zero-order valence-electron chi connectivity index (χ0n) is 10.7. The van der Waals surface area contributed by atoms with Crippen LogP contribution in [0.5, 0.6) is 0 Å². The van der Waals surface area contributed by atoms with Gasteiger partial charge in [0, 0.05) is 0 Å². The second-order valence-electron chi connectivity index (χ2n) is 4.26. The van der Waals surface area contributed by atoms with Crippen LogP contribution < -0.4 is 0 Å². The minimum atomic E-state index is -2.29. The van der Waals surface area contributed by atoms with Crippen LogP contribution in [0.2, 0.25) is 11.9 Å². The van der Waals surface area contributed by atoms with Gasteiger partial charge >= 0.3 is 105 Å². The fraction of sp³-hybridized carbons (Fsp3) is 0.400. The van der Waals surface area contributed by atoms with Gasteiger partial charge < -0.3 is 0 Å². The summed E-state index contributed by atoms with van der Waals surface area (Å²) in [6.45, 7) is 11.0. The van der Waals surface area contributed by atoms with Crippen LogP contribution in [0.1, 0.15) is 26.3 Å². The van der Waals surface area contributed by atoms with Crippen LogP contribution in [0.3, 0.4) is 0 Å². The number of benzene rings is 1. The fourth-order valence-electron chi connectivity index (χ4n) is 2.48. The van der Waals surface area contributed by atoms with Crippen molar-refractivity contribution in [2.45, 2.75) is 32.7 Å². The molecule has 0 atom stereocenters. The van der Waals surface area contributed by atoms with Gasteiger partial charge in [0.25, 0.3) is 0 Å². The van der Waals surface area contributed by atoms with Crippen molar-refractivity contribution in [3.63, 3.8) is 0 Å². The van der Waals surface area contributed by atoms with E-state index >= 15 is 0 Å². The van der Waals surface area contributed by atoms with Gasteiger partial charge in [-0.2, -0.15) is 0 Å². The first-order chi connectivity index (χ1) is 7.74. The molecule has 1 rings (SSSR count). The maximum absolute atomic E-state index is 3.94. The van der Waals surface area contributed by atoms with E-state index in [0.29, 0.717) is 0 Å². The second kappa shape index (κ2) is 6.41. The average Bonchev–Trinajstić information content (AvgIpc) is 2.37. The molecule has 16 heavy (non-hydrogen) atoms. The first-order valence-electron chi connectivity index (χ1n) is 6.20. The van der Waals surface area contributed by atoms with Crippen molar-refractivity contribution in [1.82, 2.24) is 0 Å². The zero-order chi connectivity index (χ0) is 12.0. The van der Waals surface area contributed by atoms with Gasteiger partial charge in [0.2, 0.25) is 0 Å². The van der Waals surface area contributed by atoms with Gasteiger partial charge in [-0.3, -0.25) is 0 Å². The average molecular weight is 410 g/mol. The monoisotopic (exact) mass is 410 g/mol. The second-order valence-corrected chi connectivity index (χ2v) is 24.4. The Bertz CT molecular complexity index is 359. The van der Waals surface area contributed by atoms with Crippen LogP contribution in [-0.4, -0.2) is 21.2 Å². The normalized spacial score (nSPS) is 10.9. The Kier molecular flexibility index (Phi) is 5.50. The molecular weight excluding hydrogens is 387 g/mol. The van der Waals surface area contributed by atoms with E-state index in [-0.39, 0.29) is 0 Å². The van der Waals surface area contributed by atoms with Gasteiger partial charge in [0.1, 0.15) is 0 Å². The molecule has 0 N–H and O–H groups in total. The molecule has 0 aliphatic rings. The van der Waals surface area contributed by atoms with E-state index in [4.69, 9.17) is 0 Å². The van der Waals surface area contributed by atoms with Gasteiger partial charge in [0.15, 0.2) is 0 Å². The van der Waals surface area contributed by atoms with Gasteiger partial charge in [-0.1, -0.05) is 0 Å². The van der Waals surface area contributed by atoms with Gasteiger partial charge in [-0.25, -0.2) is 0 Å². The molecule has 0 bridgehead atoms. The Morgan fingerprint density at radius 2 is 1.56 bits per heavy atom. The molecule has 0 heterocycles. The summed E-state index contributed by atoms with van der Waals surface area (Å²) in [5.74, 6) is 0. The number of hydrogen-bond donors (Lipinski definition) is 0. The summed E-state index contributed by atoms with van der Waals surface area (Å²) >= 11 is -2.29. The third-order valence-corrected chi connectivity index (χ3v) is 25.5. The summed E-state index contributed by atoms with van der Waals surface area (Å²) in [6.07, 6.45) is 0. The molecule has 0 radical (unpaired) electrons. The summed E-state index contributed by atoms with van der Waals surface area (Å²) in [5.41, 5.74) is 4.64. The van der Waals surface area contributed by atoms with Crippen LogP contribution in [0, 0.1) is 0 Å². The molecule has 0 fully saturated rings. The standard InChI is InChI=1S/C9H7.3C2H5.Pb/c1-2-6-9-7-4-3-5-8-9;3*1-2;/h3-5,7-8H,1H2;3*1H2,2H3;. The van der Waals surface area contributed by atoms with Crippen LogP contribution >= 0.6 is 0 Å². The Labute approximate surface area is 105 Å². The van der Waals surface area contributed by atoms with Crippen molar-refractivity contribution in [3.8, 4) is 0 Å². The number of hydrogen-bond acceptors (Lipinski definition) is 0. The topological polar surface area (TPSA) is 0 Å². The van der Waals surface area contributed by atoms with Crippen molar-refractivity contribution in [2.24, 2.45) is 0 Å². The fourth-order valence-corrected chi connectivity index (χ4v) is 16.9. The molecule has 86 valence electrons. The minimum absolute atomic E-state index is 1.37. The SMILES string of the molecule is C=C=[C](c1ccccc1)[Pb]([CH2]C)([CH2]C)[CH2]C. The third kappa shape index (κ3) is 2.67. The molecule has 1 aromatic carbocycles. The van der Waals surface area contributed by atoms with Crippen molar-refractivity contribution in [3.05, 3.63) is 48.2 Å². The van der Waals surface area contributed by atoms with E-state index in [2.05, 4.69) is 63.4 Å². The van der Waals surface area contributed by atoms with Crippen LogP contribution in [-0.2, 0) is 0 Å². The summed E-state index contributed by atoms with van der Waals surface area (Å²) in [7, 11) is 0. The predicted octanol–water partition coefficient (Wildman–Crippen LogP) is 4.90.